The number of fused-ring (bicyclic) bond motifs is 1. The number of pyridine rings is 1. The predicted octanol–water partition coefficient (Wildman–Crippen LogP) is 1.91. The van der Waals surface area contributed by atoms with Gasteiger partial charge in [-0.3, -0.25) is 4.99 Å². The summed E-state index contributed by atoms with van der Waals surface area (Å²) in [7, 11) is 3.44. The molecule has 4 rings (SSSR count). The highest BCUT2D eigenvalue weighted by Gasteiger charge is 2.23. The summed E-state index contributed by atoms with van der Waals surface area (Å²) in [5.41, 5.74) is 1.11. The lowest BCUT2D eigenvalue weighted by molar-refractivity contribution is 0.177. The Bertz CT molecular complexity index is 853. The minimum absolute atomic E-state index is 0. The third-order valence-corrected chi connectivity index (χ3v) is 5.16. The molecule has 0 spiro atoms. The summed E-state index contributed by atoms with van der Waals surface area (Å²) in [4.78, 5) is 13.2. The van der Waals surface area contributed by atoms with E-state index in [9.17, 15) is 0 Å². The molecule has 1 atom stereocenters. The molecule has 0 radical (unpaired) electrons. The number of hydrogen-bond acceptors (Lipinski definition) is 6. The van der Waals surface area contributed by atoms with Crippen LogP contribution in [0.25, 0.3) is 0 Å². The molecule has 2 aromatic rings. The molecule has 0 saturated heterocycles. The van der Waals surface area contributed by atoms with Gasteiger partial charge in [-0.25, -0.2) is 14.6 Å². The first-order valence-corrected chi connectivity index (χ1v) is 10.2. The van der Waals surface area contributed by atoms with Gasteiger partial charge in [0.05, 0.1) is 13.2 Å². The van der Waals surface area contributed by atoms with Crippen molar-refractivity contribution in [2.45, 2.75) is 51.4 Å². The molecule has 1 fully saturated rings. The van der Waals surface area contributed by atoms with Crippen molar-refractivity contribution >= 4 is 29.9 Å². The van der Waals surface area contributed by atoms with Gasteiger partial charge in [-0.15, -0.1) is 24.0 Å². The van der Waals surface area contributed by atoms with Crippen LogP contribution in [0.2, 0.25) is 0 Å². The second-order valence-electron chi connectivity index (χ2n) is 7.62. The molecule has 164 valence electrons. The average molecular weight is 527 g/mol. The average Bonchev–Trinajstić information content (AvgIpc) is 3.48. The van der Waals surface area contributed by atoms with Crippen molar-refractivity contribution in [2.24, 2.45) is 10.9 Å². The van der Waals surface area contributed by atoms with Crippen LogP contribution in [-0.4, -0.2) is 52.5 Å². The van der Waals surface area contributed by atoms with Crippen molar-refractivity contribution in [3.63, 3.8) is 0 Å². The maximum atomic E-state index is 5.77. The van der Waals surface area contributed by atoms with Crippen LogP contribution in [0.15, 0.2) is 23.3 Å². The highest BCUT2D eigenvalue weighted by atomic mass is 127. The number of hydrogen-bond donors (Lipinski definition) is 2. The number of aromatic nitrogens is 4. The number of guanidine groups is 1. The molecule has 3 heterocycles. The second kappa shape index (κ2) is 10.9. The molecular weight excluding hydrogens is 497 g/mol. The molecule has 0 bridgehead atoms. The molecule has 0 aromatic carbocycles. The molecule has 1 unspecified atom stereocenters. The fourth-order valence-electron chi connectivity index (χ4n) is 3.37. The molecule has 2 N–H and O–H groups in total. The van der Waals surface area contributed by atoms with Crippen LogP contribution in [-0.2, 0) is 30.9 Å². The van der Waals surface area contributed by atoms with Gasteiger partial charge in [-0.2, -0.15) is 5.10 Å². The first kappa shape index (κ1) is 22.7. The number of aliphatic imine (C=N–C) groups is 1. The van der Waals surface area contributed by atoms with E-state index in [0.717, 1.165) is 49.2 Å². The summed E-state index contributed by atoms with van der Waals surface area (Å²) >= 11 is 0. The quantitative estimate of drug-likeness (QED) is 0.308. The molecule has 2 aromatic heterocycles. The number of ether oxygens (including phenoxy) is 2. The lowest BCUT2D eigenvalue weighted by atomic mass is 10.1. The van der Waals surface area contributed by atoms with Crippen molar-refractivity contribution in [3.05, 3.63) is 35.5 Å². The molecule has 1 saturated carbocycles. The standard InChI is InChI=1S/C20H29N7O2.HI/c1-21-20(23-10-15-7-8-22-19(9-15)29-12-14-3-4-14)24-16-5-6-18-25-17(13-28-2)26-27(18)11-16;/h7-9,14,16H,3-6,10-13H2,1-2H3,(H2,21,23,24);1H. The summed E-state index contributed by atoms with van der Waals surface area (Å²) in [6, 6.07) is 4.23. The first-order valence-electron chi connectivity index (χ1n) is 10.2. The van der Waals surface area contributed by atoms with Gasteiger partial charge >= 0.3 is 0 Å². The maximum Gasteiger partial charge on any atom is 0.213 e. The zero-order chi connectivity index (χ0) is 20.1. The minimum atomic E-state index is 0. The molecule has 1 aliphatic carbocycles. The van der Waals surface area contributed by atoms with Crippen molar-refractivity contribution in [3.8, 4) is 5.88 Å². The Balaban J connectivity index is 0.00000256. The Hall–Kier alpha value is -1.95. The smallest absolute Gasteiger partial charge is 0.213 e. The van der Waals surface area contributed by atoms with E-state index in [1.807, 2.05) is 16.8 Å². The van der Waals surface area contributed by atoms with Gasteiger partial charge in [0.1, 0.15) is 12.4 Å². The van der Waals surface area contributed by atoms with Gasteiger partial charge in [0, 0.05) is 45.4 Å². The number of rotatable bonds is 8. The number of nitrogens with one attached hydrogen (secondary N) is 2. The SMILES string of the molecule is CN=C(NCc1ccnc(OCC2CC2)c1)NC1CCc2nc(COC)nn2C1.I. The lowest BCUT2D eigenvalue weighted by Crippen LogP contribution is -2.46. The molecule has 30 heavy (non-hydrogen) atoms. The van der Waals surface area contributed by atoms with E-state index < -0.39 is 0 Å². The largest absolute Gasteiger partial charge is 0.477 e. The normalized spacial score (nSPS) is 18.3. The minimum Gasteiger partial charge on any atom is -0.477 e. The summed E-state index contributed by atoms with van der Waals surface area (Å²) in [5.74, 6) is 3.94. The van der Waals surface area contributed by atoms with E-state index in [2.05, 4.69) is 30.7 Å². The van der Waals surface area contributed by atoms with Crippen LogP contribution in [0.3, 0.4) is 0 Å². The summed E-state index contributed by atoms with van der Waals surface area (Å²) in [6.45, 7) is 2.63. The number of halogens is 1. The number of methoxy groups -OCH3 is 1. The van der Waals surface area contributed by atoms with Crippen molar-refractivity contribution in [1.29, 1.82) is 0 Å². The third kappa shape index (κ3) is 6.27. The Morgan fingerprint density at radius 1 is 1.33 bits per heavy atom. The van der Waals surface area contributed by atoms with E-state index >= 15 is 0 Å². The Kier molecular flexibility index (Phi) is 8.25. The van der Waals surface area contributed by atoms with Gasteiger partial charge in [-0.1, -0.05) is 0 Å². The molecule has 9 nitrogen and oxygen atoms in total. The zero-order valence-electron chi connectivity index (χ0n) is 17.5. The summed E-state index contributed by atoms with van der Waals surface area (Å²) in [6.07, 6.45) is 6.21. The first-order chi connectivity index (χ1) is 14.2. The highest BCUT2D eigenvalue weighted by Crippen LogP contribution is 2.29. The third-order valence-electron chi connectivity index (χ3n) is 5.16. The van der Waals surface area contributed by atoms with Gasteiger partial charge in [0.2, 0.25) is 5.88 Å². The van der Waals surface area contributed by atoms with Gasteiger partial charge in [0.25, 0.3) is 0 Å². The second-order valence-corrected chi connectivity index (χ2v) is 7.62. The van der Waals surface area contributed by atoms with Crippen molar-refractivity contribution in [1.82, 2.24) is 30.4 Å². The fourth-order valence-corrected chi connectivity index (χ4v) is 3.37. The van der Waals surface area contributed by atoms with Crippen molar-refractivity contribution < 1.29 is 9.47 Å². The van der Waals surface area contributed by atoms with Gasteiger partial charge in [0.15, 0.2) is 11.8 Å². The van der Waals surface area contributed by atoms with E-state index in [1.165, 1.54) is 12.8 Å². The molecule has 1 aliphatic heterocycles. The van der Waals surface area contributed by atoms with Crippen molar-refractivity contribution in [2.75, 3.05) is 20.8 Å². The Morgan fingerprint density at radius 3 is 2.97 bits per heavy atom. The van der Waals surface area contributed by atoms with Crippen LogP contribution in [0.1, 0.15) is 36.5 Å². The number of aryl methyl sites for hydroxylation is 1. The molecule has 2 aliphatic rings. The highest BCUT2D eigenvalue weighted by molar-refractivity contribution is 14.0. The monoisotopic (exact) mass is 527 g/mol. The van der Waals surface area contributed by atoms with E-state index in [0.29, 0.717) is 24.9 Å². The van der Waals surface area contributed by atoms with E-state index in [4.69, 9.17) is 9.47 Å². The van der Waals surface area contributed by atoms with Gasteiger partial charge in [-0.05, 0) is 36.8 Å². The van der Waals surface area contributed by atoms with Crippen LogP contribution >= 0.6 is 24.0 Å². The van der Waals surface area contributed by atoms with Crippen LogP contribution < -0.4 is 15.4 Å². The zero-order valence-corrected chi connectivity index (χ0v) is 19.8. The van der Waals surface area contributed by atoms with Crippen LogP contribution in [0.4, 0.5) is 0 Å². The molecular formula is C20H30IN7O2. The number of nitrogens with zero attached hydrogens (tertiary/aromatic N) is 5. The van der Waals surface area contributed by atoms with E-state index in [1.54, 1.807) is 20.4 Å². The van der Waals surface area contributed by atoms with Gasteiger partial charge < -0.3 is 20.1 Å². The molecule has 0 amide bonds. The Morgan fingerprint density at radius 2 is 2.20 bits per heavy atom. The topological polar surface area (TPSA) is 98.5 Å². The lowest BCUT2D eigenvalue weighted by Gasteiger charge is -2.25. The van der Waals surface area contributed by atoms with Crippen LogP contribution in [0.5, 0.6) is 5.88 Å². The fraction of sp³-hybridized carbons (Fsp3) is 0.600. The van der Waals surface area contributed by atoms with Crippen LogP contribution in [0, 0.1) is 5.92 Å². The predicted molar refractivity (Wildman–Crippen MR) is 124 cm³/mol. The summed E-state index contributed by atoms with van der Waals surface area (Å²) in [5, 5.41) is 11.4. The van der Waals surface area contributed by atoms with E-state index in [-0.39, 0.29) is 30.0 Å². The maximum absolute atomic E-state index is 5.77. The summed E-state index contributed by atoms with van der Waals surface area (Å²) < 4.78 is 12.9. The molecule has 10 heteroatoms. The Labute approximate surface area is 194 Å².